The van der Waals surface area contributed by atoms with Crippen molar-refractivity contribution in [1.82, 2.24) is 4.98 Å². The SMILES string of the molecule is CCC(C)(CN)c1csc(C2CC2C)n1. The molecular formula is C12H20N2S. The predicted octanol–water partition coefficient (Wildman–Crippen LogP) is 2.89. The van der Waals surface area contributed by atoms with Crippen LogP contribution >= 0.6 is 11.3 Å². The van der Waals surface area contributed by atoms with Crippen molar-refractivity contribution in [1.29, 1.82) is 0 Å². The molecule has 3 unspecified atom stereocenters. The quantitative estimate of drug-likeness (QED) is 0.854. The van der Waals surface area contributed by atoms with E-state index in [1.165, 1.54) is 17.1 Å². The van der Waals surface area contributed by atoms with Crippen molar-refractivity contribution >= 4 is 11.3 Å². The third kappa shape index (κ3) is 1.95. The second kappa shape index (κ2) is 3.87. The summed E-state index contributed by atoms with van der Waals surface area (Å²) in [5.74, 6) is 1.58. The van der Waals surface area contributed by atoms with Crippen molar-refractivity contribution in [2.75, 3.05) is 6.54 Å². The first kappa shape index (κ1) is 11.1. The Hall–Kier alpha value is -0.410. The minimum absolute atomic E-state index is 0.0763. The zero-order chi connectivity index (χ0) is 11.1. The van der Waals surface area contributed by atoms with Crippen molar-refractivity contribution in [3.63, 3.8) is 0 Å². The number of hydrogen-bond acceptors (Lipinski definition) is 3. The number of rotatable bonds is 4. The minimum Gasteiger partial charge on any atom is -0.330 e. The predicted molar refractivity (Wildman–Crippen MR) is 65.3 cm³/mol. The smallest absolute Gasteiger partial charge is 0.0962 e. The van der Waals surface area contributed by atoms with Crippen molar-refractivity contribution in [2.45, 2.75) is 44.9 Å². The van der Waals surface area contributed by atoms with Gasteiger partial charge < -0.3 is 5.73 Å². The largest absolute Gasteiger partial charge is 0.330 e. The van der Waals surface area contributed by atoms with E-state index < -0.39 is 0 Å². The lowest BCUT2D eigenvalue weighted by Gasteiger charge is -2.23. The van der Waals surface area contributed by atoms with Gasteiger partial charge in [0.2, 0.25) is 0 Å². The van der Waals surface area contributed by atoms with E-state index in [0.717, 1.165) is 18.3 Å². The molecule has 0 aliphatic heterocycles. The van der Waals surface area contributed by atoms with Crippen LogP contribution in [-0.4, -0.2) is 11.5 Å². The van der Waals surface area contributed by atoms with E-state index >= 15 is 0 Å². The molecule has 1 aromatic heterocycles. The summed E-state index contributed by atoms with van der Waals surface area (Å²) in [6, 6.07) is 0. The molecule has 3 heteroatoms. The van der Waals surface area contributed by atoms with Crippen LogP contribution in [0.2, 0.25) is 0 Å². The van der Waals surface area contributed by atoms with Crippen molar-refractivity contribution in [3.8, 4) is 0 Å². The molecule has 1 aliphatic rings. The molecule has 0 bridgehead atoms. The van der Waals surface area contributed by atoms with Crippen LogP contribution in [0.15, 0.2) is 5.38 Å². The molecule has 0 spiro atoms. The summed E-state index contributed by atoms with van der Waals surface area (Å²) >= 11 is 1.81. The Morgan fingerprint density at radius 2 is 2.33 bits per heavy atom. The molecule has 1 fully saturated rings. The first-order chi connectivity index (χ1) is 7.10. The van der Waals surface area contributed by atoms with Gasteiger partial charge in [-0.05, 0) is 18.8 Å². The maximum Gasteiger partial charge on any atom is 0.0962 e. The van der Waals surface area contributed by atoms with Crippen LogP contribution in [0.5, 0.6) is 0 Å². The third-order valence-corrected chi connectivity index (χ3v) is 4.77. The second-order valence-corrected chi connectivity index (χ2v) is 5.90. The van der Waals surface area contributed by atoms with Crippen LogP contribution in [0.25, 0.3) is 0 Å². The second-order valence-electron chi connectivity index (χ2n) is 5.01. The lowest BCUT2D eigenvalue weighted by molar-refractivity contribution is 0.454. The first-order valence-corrected chi connectivity index (χ1v) is 6.64. The van der Waals surface area contributed by atoms with Gasteiger partial charge in [0.05, 0.1) is 10.7 Å². The molecule has 1 heterocycles. The highest BCUT2D eigenvalue weighted by molar-refractivity contribution is 7.09. The third-order valence-electron chi connectivity index (χ3n) is 3.80. The maximum atomic E-state index is 5.84. The topological polar surface area (TPSA) is 38.9 Å². The Morgan fingerprint density at radius 3 is 2.80 bits per heavy atom. The zero-order valence-corrected chi connectivity index (χ0v) is 10.6. The molecule has 1 saturated carbocycles. The Balaban J connectivity index is 2.19. The summed E-state index contributed by atoms with van der Waals surface area (Å²) in [5.41, 5.74) is 7.12. The summed E-state index contributed by atoms with van der Waals surface area (Å²) in [4.78, 5) is 4.77. The fourth-order valence-corrected chi connectivity index (χ4v) is 3.06. The minimum atomic E-state index is 0.0763. The van der Waals surface area contributed by atoms with Crippen LogP contribution < -0.4 is 5.73 Å². The molecule has 0 saturated heterocycles. The number of thiazole rings is 1. The average Bonchev–Trinajstić information content (AvgIpc) is 2.81. The van der Waals surface area contributed by atoms with E-state index in [0.29, 0.717) is 6.54 Å². The van der Waals surface area contributed by atoms with E-state index in [4.69, 9.17) is 10.7 Å². The summed E-state index contributed by atoms with van der Waals surface area (Å²) in [6.07, 6.45) is 2.38. The lowest BCUT2D eigenvalue weighted by Crippen LogP contribution is -2.31. The molecule has 0 amide bonds. The van der Waals surface area contributed by atoms with E-state index in [9.17, 15) is 0 Å². The summed E-state index contributed by atoms with van der Waals surface area (Å²) < 4.78 is 0. The molecule has 1 aromatic rings. The van der Waals surface area contributed by atoms with E-state index in [2.05, 4.69) is 26.2 Å². The van der Waals surface area contributed by atoms with E-state index in [-0.39, 0.29) is 5.41 Å². The van der Waals surface area contributed by atoms with Crippen molar-refractivity contribution in [2.24, 2.45) is 11.7 Å². The van der Waals surface area contributed by atoms with Gasteiger partial charge in [0.25, 0.3) is 0 Å². The normalized spacial score (nSPS) is 28.8. The van der Waals surface area contributed by atoms with Gasteiger partial charge in [-0.15, -0.1) is 11.3 Å². The Labute approximate surface area is 95.9 Å². The molecular weight excluding hydrogens is 204 g/mol. The Kier molecular flexibility index (Phi) is 2.86. The van der Waals surface area contributed by atoms with Gasteiger partial charge in [-0.2, -0.15) is 0 Å². The fraction of sp³-hybridized carbons (Fsp3) is 0.750. The molecule has 84 valence electrons. The molecule has 0 aromatic carbocycles. The Bertz CT molecular complexity index is 341. The summed E-state index contributed by atoms with van der Waals surface area (Å²) in [5, 5.41) is 3.53. The highest BCUT2D eigenvalue weighted by atomic mass is 32.1. The number of aromatic nitrogens is 1. The fourth-order valence-electron chi connectivity index (χ4n) is 1.83. The van der Waals surface area contributed by atoms with Gasteiger partial charge in [-0.25, -0.2) is 4.98 Å². The van der Waals surface area contributed by atoms with Gasteiger partial charge in [0.1, 0.15) is 0 Å². The van der Waals surface area contributed by atoms with E-state index in [1.54, 1.807) is 0 Å². The van der Waals surface area contributed by atoms with Gasteiger partial charge >= 0.3 is 0 Å². The number of nitrogens with two attached hydrogens (primary N) is 1. The van der Waals surface area contributed by atoms with Crippen molar-refractivity contribution < 1.29 is 0 Å². The van der Waals surface area contributed by atoms with Gasteiger partial charge in [-0.1, -0.05) is 20.8 Å². The zero-order valence-electron chi connectivity index (χ0n) is 9.79. The van der Waals surface area contributed by atoms with Crippen molar-refractivity contribution in [3.05, 3.63) is 16.1 Å². The highest BCUT2D eigenvalue weighted by Gasteiger charge is 2.37. The number of nitrogens with zero attached hydrogens (tertiary/aromatic N) is 1. The number of hydrogen-bond donors (Lipinski definition) is 1. The van der Waals surface area contributed by atoms with Gasteiger partial charge in [-0.3, -0.25) is 0 Å². The lowest BCUT2D eigenvalue weighted by atomic mass is 9.85. The molecule has 2 N–H and O–H groups in total. The standard InChI is InChI=1S/C12H20N2S/c1-4-12(3,7-13)10-6-15-11(14-10)9-5-8(9)2/h6,8-9H,4-5,7,13H2,1-3H3. The molecule has 2 rings (SSSR count). The maximum absolute atomic E-state index is 5.84. The van der Waals surface area contributed by atoms with Crippen LogP contribution in [0.1, 0.15) is 50.2 Å². The summed E-state index contributed by atoms with van der Waals surface area (Å²) in [6.45, 7) is 7.38. The summed E-state index contributed by atoms with van der Waals surface area (Å²) in [7, 11) is 0. The highest BCUT2D eigenvalue weighted by Crippen LogP contribution is 2.48. The molecule has 1 aliphatic carbocycles. The van der Waals surface area contributed by atoms with E-state index in [1.807, 2.05) is 11.3 Å². The average molecular weight is 224 g/mol. The molecule has 3 atom stereocenters. The van der Waals surface area contributed by atoms with Crippen LogP contribution in [0.3, 0.4) is 0 Å². The molecule has 0 radical (unpaired) electrons. The van der Waals surface area contributed by atoms with Gasteiger partial charge in [0.15, 0.2) is 0 Å². The van der Waals surface area contributed by atoms with Crippen LogP contribution in [-0.2, 0) is 5.41 Å². The van der Waals surface area contributed by atoms with Gasteiger partial charge in [0, 0.05) is 23.3 Å². The molecule has 2 nitrogen and oxygen atoms in total. The molecule has 15 heavy (non-hydrogen) atoms. The monoisotopic (exact) mass is 224 g/mol. The van der Waals surface area contributed by atoms with Crippen LogP contribution in [0, 0.1) is 5.92 Å². The van der Waals surface area contributed by atoms with Crippen LogP contribution in [0.4, 0.5) is 0 Å². The Morgan fingerprint density at radius 1 is 1.67 bits per heavy atom. The first-order valence-electron chi connectivity index (χ1n) is 5.76.